The molecule has 0 radical (unpaired) electrons. The van der Waals surface area contributed by atoms with Gasteiger partial charge in [-0.1, -0.05) is 25.1 Å². The Balaban J connectivity index is 1.61. The first-order chi connectivity index (χ1) is 13.7. The van der Waals surface area contributed by atoms with E-state index in [1.54, 1.807) is 0 Å². The minimum atomic E-state index is -0.136. The Morgan fingerprint density at radius 1 is 1.18 bits per heavy atom. The highest BCUT2D eigenvalue weighted by Gasteiger charge is 2.20. The lowest BCUT2D eigenvalue weighted by molar-refractivity contribution is -0.135. The van der Waals surface area contributed by atoms with Gasteiger partial charge < -0.3 is 19.5 Å². The number of hydrogen-bond donors (Lipinski definition) is 1. The molecule has 1 aliphatic rings. The molecule has 150 valence electrons. The molecule has 2 amide bonds. The lowest BCUT2D eigenvalue weighted by atomic mass is 10.2. The van der Waals surface area contributed by atoms with E-state index in [-0.39, 0.29) is 11.8 Å². The molecule has 2 aromatic rings. The predicted molar refractivity (Wildman–Crippen MR) is 108 cm³/mol. The number of carbonyl (C=O) groups excluding carboxylic acids is 2. The van der Waals surface area contributed by atoms with Gasteiger partial charge in [-0.15, -0.1) is 0 Å². The molecule has 1 saturated heterocycles. The second-order valence-electron chi connectivity index (χ2n) is 6.90. The first kappa shape index (κ1) is 20.1. The molecule has 0 unspecified atom stereocenters. The lowest BCUT2D eigenvalue weighted by Gasteiger charge is -2.27. The van der Waals surface area contributed by atoms with Crippen molar-refractivity contribution in [2.45, 2.75) is 32.2 Å². The number of aromatic nitrogens is 2. The molecule has 0 atom stereocenters. The summed E-state index contributed by atoms with van der Waals surface area (Å²) in [5.74, 6) is 0.918. The maximum absolute atomic E-state index is 12.7. The van der Waals surface area contributed by atoms with Crippen molar-refractivity contribution in [3.05, 3.63) is 42.7 Å². The summed E-state index contributed by atoms with van der Waals surface area (Å²) in [5.41, 5.74) is 1.92. The van der Waals surface area contributed by atoms with Crippen LogP contribution in [0.2, 0.25) is 0 Å². The van der Waals surface area contributed by atoms with Crippen LogP contribution in [0.3, 0.4) is 0 Å². The Kier molecular flexibility index (Phi) is 7.19. The number of aryl methyl sites for hydroxylation is 1. The Labute approximate surface area is 165 Å². The van der Waals surface area contributed by atoms with Gasteiger partial charge in [-0.2, -0.15) is 0 Å². The second-order valence-corrected chi connectivity index (χ2v) is 6.90. The van der Waals surface area contributed by atoms with Gasteiger partial charge in [0.05, 0.1) is 24.2 Å². The van der Waals surface area contributed by atoms with Gasteiger partial charge >= 0.3 is 0 Å². The number of unbranched alkanes of at least 4 members (excludes halogenated alkanes) is 2. The molecule has 28 heavy (non-hydrogen) atoms. The van der Waals surface area contributed by atoms with Gasteiger partial charge in [0, 0.05) is 26.1 Å². The van der Waals surface area contributed by atoms with Crippen molar-refractivity contribution in [3.63, 3.8) is 0 Å². The molecular formula is C21H28N4O3. The van der Waals surface area contributed by atoms with Crippen LogP contribution >= 0.6 is 0 Å². The first-order valence-electron chi connectivity index (χ1n) is 9.89. The van der Waals surface area contributed by atoms with E-state index in [4.69, 9.17) is 9.72 Å². The lowest BCUT2D eigenvalue weighted by Crippen LogP contribution is -2.42. The zero-order chi connectivity index (χ0) is 19.8. The van der Waals surface area contributed by atoms with Gasteiger partial charge in [-0.05, 0) is 31.1 Å². The number of fused-ring (bicyclic) bond motifs is 1. The number of ether oxygens (including phenoxy) is 1. The SMILES string of the molecule is C=CC(=O)NCCCCCc1nc2ccccc2n1CC(=O)N1CCOCC1. The third-order valence-corrected chi connectivity index (χ3v) is 4.95. The van der Waals surface area contributed by atoms with Crippen LogP contribution in [0.5, 0.6) is 0 Å². The fourth-order valence-electron chi connectivity index (χ4n) is 3.41. The van der Waals surface area contributed by atoms with E-state index in [1.165, 1.54) is 6.08 Å². The van der Waals surface area contributed by atoms with Gasteiger partial charge in [0.1, 0.15) is 12.4 Å². The molecular weight excluding hydrogens is 356 g/mol. The number of imidazole rings is 1. The monoisotopic (exact) mass is 384 g/mol. The van der Waals surface area contributed by atoms with Gasteiger partial charge in [0.25, 0.3) is 0 Å². The fraction of sp³-hybridized carbons (Fsp3) is 0.476. The number of carbonyl (C=O) groups is 2. The molecule has 7 heteroatoms. The quantitative estimate of drug-likeness (QED) is 0.529. The molecule has 0 aliphatic carbocycles. The van der Waals surface area contributed by atoms with Crippen molar-refractivity contribution in [1.82, 2.24) is 19.8 Å². The number of morpholine rings is 1. The number of hydrogen-bond acceptors (Lipinski definition) is 4. The smallest absolute Gasteiger partial charge is 0.243 e. The van der Waals surface area contributed by atoms with Crippen LogP contribution in [0.25, 0.3) is 11.0 Å². The number of nitrogens with zero attached hydrogens (tertiary/aromatic N) is 3. The Hall–Kier alpha value is -2.67. The van der Waals surface area contributed by atoms with Crippen LogP contribution in [0.4, 0.5) is 0 Å². The van der Waals surface area contributed by atoms with Crippen LogP contribution in [-0.4, -0.2) is 59.1 Å². The molecule has 1 aromatic carbocycles. The summed E-state index contributed by atoms with van der Waals surface area (Å²) >= 11 is 0. The summed E-state index contributed by atoms with van der Waals surface area (Å²) in [7, 11) is 0. The number of para-hydroxylation sites is 2. The zero-order valence-corrected chi connectivity index (χ0v) is 16.2. The molecule has 1 aliphatic heterocycles. The van der Waals surface area contributed by atoms with Crippen LogP contribution < -0.4 is 5.32 Å². The summed E-state index contributed by atoms with van der Waals surface area (Å²) in [6.45, 7) is 6.91. The van der Waals surface area contributed by atoms with Gasteiger partial charge in [-0.3, -0.25) is 9.59 Å². The van der Waals surface area contributed by atoms with Crippen molar-refractivity contribution in [3.8, 4) is 0 Å². The predicted octanol–water partition coefficient (Wildman–Crippen LogP) is 1.91. The first-order valence-corrected chi connectivity index (χ1v) is 9.89. The summed E-state index contributed by atoms with van der Waals surface area (Å²) in [5, 5.41) is 2.79. The molecule has 1 N–H and O–H groups in total. The summed E-state index contributed by atoms with van der Waals surface area (Å²) in [6.07, 6.45) is 4.94. The van der Waals surface area contributed by atoms with Crippen LogP contribution in [0.15, 0.2) is 36.9 Å². The van der Waals surface area contributed by atoms with E-state index >= 15 is 0 Å². The topological polar surface area (TPSA) is 76.5 Å². The zero-order valence-electron chi connectivity index (χ0n) is 16.2. The highest BCUT2D eigenvalue weighted by atomic mass is 16.5. The van der Waals surface area contributed by atoms with E-state index < -0.39 is 0 Å². The molecule has 0 spiro atoms. The highest BCUT2D eigenvalue weighted by Crippen LogP contribution is 2.18. The maximum atomic E-state index is 12.7. The van der Waals surface area contributed by atoms with E-state index in [0.717, 1.165) is 42.5 Å². The molecule has 2 heterocycles. The van der Waals surface area contributed by atoms with E-state index in [0.29, 0.717) is 39.4 Å². The van der Waals surface area contributed by atoms with Crippen molar-refractivity contribution >= 4 is 22.8 Å². The van der Waals surface area contributed by atoms with Gasteiger partial charge in [0.2, 0.25) is 11.8 Å². The molecule has 7 nitrogen and oxygen atoms in total. The van der Waals surface area contributed by atoms with Gasteiger partial charge in [0.15, 0.2) is 0 Å². The molecule has 1 fully saturated rings. The molecule has 1 aromatic heterocycles. The van der Waals surface area contributed by atoms with Crippen LogP contribution in [0.1, 0.15) is 25.1 Å². The maximum Gasteiger partial charge on any atom is 0.243 e. The summed E-state index contributed by atoms with van der Waals surface area (Å²) in [4.78, 5) is 30.5. The van der Waals surface area contributed by atoms with Crippen LogP contribution in [-0.2, 0) is 27.3 Å². The van der Waals surface area contributed by atoms with E-state index in [9.17, 15) is 9.59 Å². The van der Waals surface area contributed by atoms with Crippen molar-refractivity contribution in [2.75, 3.05) is 32.8 Å². The van der Waals surface area contributed by atoms with Crippen molar-refractivity contribution < 1.29 is 14.3 Å². The Bertz CT molecular complexity index is 824. The standard InChI is InChI=1S/C21H28N4O3/c1-2-20(26)22-11-7-3-4-10-19-23-17-8-5-6-9-18(17)25(19)16-21(27)24-12-14-28-15-13-24/h2,5-6,8-9H,1,3-4,7,10-16H2,(H,22,26). The number of rotatable bonds is 9. The normalized spacial score (nSPS) is 14.2. The second kappa shape index (κ2) is 10.0. The van der Waals surface area contributed by atoms with E-state index in [1.807, 2.05) is 33.7 Å². The van der Waals surface area contributed by atoms with Gasteiger partial charge in [-0.25, -0.2) is 4.98 Å². The Morgan fingerprint density at radius 3 is 2.75 bits per heavy atom. The number of benzene rings is 1. The van der Waals surface area contributed by atoms with E-state index in [2.05, 4.69) is 11.9 Å². The summed E-state index contributed by atoms with van der Waals surface area (Å²) in [6, 6.07) is 7.95. The third-order valence-electron chi connectivity index (χ3n) is 4.95. The largest absolute Gasteiger partial charge is 0.378 e. The highest BCUT2D eigenvalue weighted by molar-refractivity contribution is 5.86. The van der Waals surface area contributed by atoms with Crippen molar-refractivity contribution in [2.24, 2.45) is 0 Å². The van der Waals surface area contributed by atoms with Crippen molar-refractivity contribution in [1.29, 1.82) is 0 Å². The minimum absolute atomic E-state index is 0.111. The summed E-state index contributed by atoms with van der Waals surface area (Å²) < 4.78 is 7.39. The molecule has 3 rings (SSSR count). The molecule has 0 saturated carbocycles. The molecule has 0 bridgehead atoms. The number of amides is 2. The average molecular weight is 384 g/mol. The average Bonchev–Trinajstić information content (AvgIpc) is 3.08. The minimum Gasteiger partial charge on any atom is -0.378 e. The fourth-order valence-corrected chi connectivity index (χ4v) is 3.41. The number of nitrogens with one attached hydrogen (secondary N) is 1. The van der Waals surface area contributed by atoms with Crippen LogP contribution in [0, 0.1) is 0 Å². The third kappa shape index (κ3) is 5.19. The Morgan fingerprint density at radius 2 is 1.96 bits per heavy atom.